The zero-order valence-corrected chi connectivity index (χ0v) is 15.9. The van der Waals surface area contributed by atoms with E-state index in [1.807, 2.05) is 30.3 Å². The maximum atomic E-state index is 12.3. The fraction of sp³-hybridized carbons (Fsp3) is 0.333. The summed E-state index contributed by atoms with van der Waals surface area (Å²) in [4.78, 5) is 16.0. The Kier molecular flexibility index (Phi) is 5.20. The van der Waals surface area contributed by atoms with Gasteiger partial charge in [-0.05, 0) is 30.4 Å². The van der Waals surface area contributed by atoms with Crippen molar-refractivity contribution in [1.82, 2.24) is 14.7 Å². The molecule has 0 aliphatic carbocycles. The maximum Gasteiger partial charge on any atom is 0.266 e. The van der Waals surface area contributed by atoms with Crippen molar-refractivity contribution in [1.29, 1.82) is 0 Å². The van der Waals surface area contributed by atoms with Crippen molar-refractivity contribution < 1.29 is 5.11 Å². The van der Waals surface area contributed by atoms with Gasteiger partial charge in [-0.3, -0.25) is 9.69 Å². The molecule has 0 atom stereocenters. The predicted octanol–water partition coefficient (Wildman–Crippen LogP) is 3.00. The molecule has 5 nitrogen and oxygen atoms in total. The molecule has 6 heteroatoms. The molecule has 1 aliphatic heterocycles. The second-order valence-electron chi connectivity index (χ2n) is 7.16. The molecule has 0 unspecified atom stereocenters. The number of nitrogens with zero attached hydrogens (tertiary/aromatic N) is 3. The first kappa shape index (κ1) is 18.1. The third-order valence-corrected chi connectivity index (χ3v) is 5.99. The van der Waals surface area contributed by atoms with Crippen LogP contribution in [0.2, 0.25) is 0 Å². The molecule has 1 N–H and O–H groups in total. The van der Waals surface area contributed by atoms with Crippen molar-refractivity contribution in [3.63, 3.8) is 0 Å². The lowest BCUT2D eigenvalue weighted by molar-refractivity contribution is -0.0387. The summed E-state index contributed by atoms with van der Waals surface area (Å²) in [6, 6.07) is 17.3. The molecule has 3 aromatic rings. The van der Waals surface area contributed by atoms with Gasteiger partial charge in [-0.2, -0.15) is 5.10 Å². The summed E-state index contributed by atoms with van der Waals surface area (Å²) in [5, 5.41) is 17.6. The van der Waals surface area contributed by atoms with E-state index in [1.54, 1.807) is 17.4 Å². The number of hydrogen-bond acceptors (Lipinski definition) is 5. The maximum absolute atomic E-state index is 12.3. The topological polar surface area (TPSA) is 58.4 Å². The number of rotatable bonds is 5. The van der Waals surface area contributed by atoms with E-state index in [9.17, 15) is 9.90 Å². The van der Waals surface area contributed by atoms with E-state index in [0.29, 0.717) is 12.8 Å². The van der Waals surface area contributed by atoms with Gasteiger partial charge in [-0.15, -0.1) is 11.3 Å². The van der Waals surface area contributed by atoms with Gasteiger partial charge in [0, 0.05) is 36.1 Å². The highest BCUT2D eigenvalue weighted by atomic mass is 32.1. The van der Waals surface area contributed by atoms with Crippen LogP contribution in [0.5, 0.6) is 0 Å². The predicted molar refractivity (Wildman–Crippen MR) is 108 cm³/mol. The Labute approximate surface area is 162 Å². The molecule has 1 saturated heterocycles. The molecule has 2 aromatic heterocycles. The van der Waals surface area contributed by atoms with Crippen LogP contribution < -0.4 is 5.56 Å². The van der Waals surface area contributed by atoms with Gasteiger partial charge in [0.25, 0.3) is 5.56 Å². The smallest absolute Gasteiger partial charge is 0.266 e. The minimum Gasteiger partial charge on any atom is -0.388 e. The Hall–Kier alpha value is -2.28. The Bertz CT molecular complexity index is 930. The van der Waals surface area contributed by atoms with E-state index in [4.69, 9.17) is 0 Å². The molecule has 0 saturated carbocycles. The Morgan fingerprint density at radius 2 is 1.81 bits per heavy atom. The van der Waals surface area contributed by atoms with Crippen molar-refractivity contribution in [2.45, 2.75) is 31.5 Å². The summed E-state index contributed by atoms with van der Waals surface area (Å²) >= 11 is 1.76. The van der Waals surface area contributed by atoms with Crippen LogP contribution in [0.4, 0.5) is 0 Å². The largest absolute Gasteiger partial charge is 0.388 e. The molecule has 0 bridgehead atoms. The lowest BCUT2D eigenvalue weighted by atomic mass is 9.91. The second-order valence-corrected chi connectivity index (χ2v) is 8.19. The molecular weight excluding hydrogens is 358 g/mol. The fourth-order valence-electron chi connectivity index (χ4n) is 3.51. The molecule has 27 heavy (non-hydrogen) atoms. The van der Waals surface area contributed by atoms with Gasteiger partial charge in [0.15, 0.2) is 0 Å². The van der Waals surface area contributed by atoms with Crippen molar-refractivity contribution in [3.05, 3.63) is 75.2 Å². The minimum absolute atomic E-state index is 0.177. The average Bonchev–Trinajstić information content (AvgIpc) is 3.19. The highest BCUT2D eigenvalue weighted by molar-refractivity contribution is 7.09. The summed E-state index contributed by atoms with van der Waals surface area (Å²) in [7, 11) is 0. The number of hydrogen-bond donors (Lipinski definition) is 1. The summed E-state index contributed by atoms with van der Waals surface area (Å²) in [6.07, 6.45) is 1.28. The number of piperidine rings is 1. The van der Waals surface area contributed by atoms with Gasteiger partial charge in [0.1, 0.15) is 0 Å². The first-order valence-electron chi connectivity index (χ1n) is 9.22. The normalized spacial score (nSPS) is 17.1. The number of aliphatic hydroxyl groups is 1. The van der Waals surface area contributed by atoms with E-state index in [-0.39, 0.29) is 12.1 Å². The van der Waals surface area contributed by atoms with Crippen molar-refractivity contribution in [3.8, 4) is 11.3 Å². The van der Waals surface area contributed by atoms with Crippen LogP contribution in [0.1, 0.15) is 17.7 Å². The van der Waals surface area contributed by atoms with E-state index < -0.39 is 5.60 Å². The summed E-state index contributed by atoms with van der Waals surface area (Å²) < 4.78 is 1.41. The zero-order valence-electron chi connectivity index (χ0n) is 15.1. The molecule has 140 valence electrons. The quantitative estimate of drug-likeness (QED) is 0.738. The second kappa shape index (κ2) is 7.76. The Morgan fingerprint density at radius 1 is 1.04 bits per heavy atom. The van der Waals surface area contributed by atoms with Crippen molar-refractivity contribution in [2.24, 2.45) is 0 Å². The third kappa shape index (κ3) is 4.35. The van der Waals surface area contributed by atoms with Crippen LogP contribution in [-0.4, -0.2) is 38.5 Å². The summed E-state index contributed by atoms with van der Waals surface area (Å²) in [6.45, 7) is 2.80. The monoisotopic (exact) mass is 381 g/mol. The van der Waals surface area contributed by atoms with Gasteiger partial charge in [-0.25, -0.2) is 4.68 Å². The van der Waals surface area contributed by atoms with E-state index in [1.165, 1.54) is 15.6 Å². The Morgan fingerprint density at radius 3 is 2.52 bits per heavy atom. The van der Waals surface area contributed by atoms with Gasteiger partial charge >= 0.3 is 0 Å². The summed E-state index contributed by atoms with van der Waals surface area (Å²) in [5.41, 5.74) is 0.639. The van der Waals surface area contributed by atoms with Crippen LogP contribution in [0.15, 0.2) is 64.8 Å². The van der Waals surface area contributed by atoms with E-state index in [0.717, 1.165) is 30.9 Å². The van der Waals surface area contributed by atoms with Crippen LogP contribution in [0.25, 0.3) is 11.3 Å². The van der Waals surface area contributed by atoms with E-state index in [2.05, 4.69) is 27.5 Å². The van der Waals surface area contributed by atoms with Gasteiger partial charge < -0.3 is 5.11 Å². The molecule has 1 fully saturated rings. The molecule has 1 aromatic carbocycles. The molecule has 4 rings (SSSR count). The van der Waals surface area contributed by atoms with Crippen LogP contribution >= 0.6 is 11.3 Å². The molecule has 3 heterocycles. The van der Waals surface area contributed by atoms with Crippen LogP contribution in [0.3, 0.4) is 0 Å². The molecule has 0 spiro atoms. The number of aromatic nitrogens is 2. The first-order valence-corrected chi connectivity index (χ1v) is 10.1. The Balaban J connectivity index is 1.45. The molecule has 1 aliphatic rings. The van der Waals surface area contributed by atoms with Gasteiger partial charge in [0.05, 0.1) is 17.8 Å². The SMILES string of the molecule is O=c1ccc(-c2ccccc2)nn1CC1(O)CCN(Cc2cccs2)CC1. The van der Waals surface area contributed by atoms with Crippen LogP contribution in [0, 0.1) is 0 Å². The third-order valence-electron chi connectivity index (χ3n) is 5.13. The average molecular weight is 382 g/mol. The lowest BCUT2D eigenvalue weighted by Gasteiger charge is -2.38. The van der Waals surface area contributed by atoms with Gasteiger partial charge in [0.2, 0.25) is 0 Å². The number of likely N-dealkylation sites (tertiary alicyclic amines) is 1. The fourth-order valence-corrected chi connectivity index (χ4v) is 4.26. The highest BCUT2D eigenvalue weighted by Gasteiger charge is 2.33. The van der Waals surface area contributed by atoms with Crippen molar-refractivity contribution >= 4 is 11.3 Å². The zero-order chi connectivity index (χ0) is 18.7. The number of thiophene rings is 1. The van der Waals surface area contributed by atoms with E-state index >= 15 is 0 Å². The van der Waals surface area contributed by atoms with Crippen molar-refractivity contribution in [2.75, 3.05) is 13.1 Å². The van der Waals surface area contributed by atoms with Gasteiger partial charge in [-0.1, -0.05) is 36.4 Å². The minimum atomic E-state index is -0.891. The molecule has 0 radical (unpaired) electrons. The number of benzene rings is 1. The lowest BCUT2D eigenvalue weighted by Crippen LogP contribution is -2.48. The van der Waals surface area contributed by atoms with Crippen LogP contribution in [-0.2, 0) is 13.1 Å². The molecule has 0 amide bonds. The standard InChI is InChI=1S/C21H23N3O2S/c25-20-9-8-19(17-5-2-1-3-6-17)22-24(20)16-21(26)10-12-23(13-11-21)15-18-7-4-14-27-18/h1-9,14,26H,10-13,15-16H2. The highest BCUT2D eigenvalue weighted by Crippen LogP contribution is 2.25. The summed E-state index contributed by atoms with van der Waals surface area (Å²) in [5.74, 6) is 0. The molecular formula is C21H23N3O2S. The first-order chi connectivity index (χ1) is 13.1.